The summed E-state index contributed by atoms with van der Waals surface area (Å²) >= 11 is 1.52. The number of carbonyl (C=O) groups is 1. The molecule has 0 aromatic heterocycles. The number of benzene rings is 2. The minimum absolute atomic E-state index is 0.142. The van der Waals surface area contributed by atoms with E-state index in [2.05, 4.69) is 10.5 Å². The van der Waals surface area contributed by atoms with Crippen LogP contribution in [-0.2, 0) is 14.4 Å². The highest BCUT2D eigenvalue weighted by atomic mass is 32.2. The summed E-state index contributed by atoms with van der Waals surface area (Å²) < 4.78 is 5.49. The Kier molecular flexibility index (Phi) is 5.96. The van der Waals surface area contributed by atoms with Crippen LogP contribution in [0.15, 0.2) is 64.4 Å². The van der Waals surface area contributed by atoms with Crippen molar-refractivity contribution in [3.05, 3.63) is 64.8 Å². The molecule has 6 heteroatoms. The van der Waals surface area contributed by atoms with E-state index in [1.165, 1.54) is 18.9 Å². The molecule has 0 radical (unpaired) electrons. The molecular weight excluding hydrogens is 348 g/mol. The van der Waals surface area contributed by atoms with Crippen molar-refractivity contribution in [3.63, 3.8) is 0 Å². The van der Waals surface area contributed by atoms with Crippen LogP contribution in [0.25, 0.3) is 11.1 Å². The van der Waals surface area contributed by atoms with Crippen LogP contribution in [0.5, 0.6) is 0 Å². The van der Waals surface area contributed by atoms with E-state index in [9.17, 15) is 4.79 Å². The molecule has 2 aromatic rings. The highest BCUT2D eigenvalue weighted by molar-refractivity contribution is 8.04. The Morgan fingerprint density at radius 2 is 2.12 bits per heavy atom. The van der Waals surface area contributed by atoms with Crippen LogP contribution < -0.4 is 5.32 Å². The molecule has 3 rings (SSSR count). The van der Waals surface area contributed by atoms with E-state index in [-0.39, 0.29) is 5.91 Å². The third-order valence-electron chi connectivity index (χ3n) is 3.85. The molecule has 0 saturated heterocycles. The fourth-order valence-electron chi connectivity index (χ4n) is 2.65. The summed E-state index contributed by atoms with van der Waals surface area (Å²) in [6, 6.07) is 15.6. The first-order chi connectivity index (χ1) is 12.7. The minimum atomic E-state index is -0.142. The standard InChI is InChI=1S/C20H20N2O3S/c1-14-19(26-11-10-25-14)20(23)22-18-9-4-3-8-17(18)16-7-5-6-15(12-16)13-21-24-2/h3-9,12-13H,10-11H2,1-2H3,(H,22,23). The van der Waals surface area contributed by atoms with Crippen LogP contribution >= 0.6 is 11.8 Å². The first-order valence-electron chi connectivity index (χ1n) is 8.23. The number of nitrogens with one attached hydrogen (secondary N) is 1. The smallest absolute Gasteiger partial charge is 0.265 e. The zero-order valence-electron chi connectivity index (χ0n) is 14.7. The Balaban J connectivity index is 1.89. The highest BCUT2D eigenvalue weighted by Gasteiger charge is 2.19. The molecule has 1 N–H and O–H groups in total. The number of allylic oxidation sites excluding steroid dienone is 1. The normalized spacial score (nSPS) is 14.2. The van der Waals surface area contributed by atoms with E-state index >= 15 is 0 Å². The lowest BCUT2D eigenvalue weighted by Gasteiger charge is -2.18. The third kappa shape index (κ3) is 4.26. The zero-order valence-corrected chi connectivity index (χ0v) is 15.5. The van der Waals surface area contributed by atoms with Gasteiger partial charge in [-0.1, -0.05) is 41.6 Å². The van der Waals surface area contributed by atoms with E-state index < -0.39 is 0 Å². The highest BCUT2D eigenvalue weighted by Crippen LogP contribution is 2.31. The van der Waals surface area contributed by atoms with E-state index in [0.717, 1.165) is 28.1 Å². The van der Waals surface area contributed by atoms with Gasteiger partial charge in [0, 0.05) is 17.0 Å². The summed E-state index contributed by atoms with van der Waals surface area (Å²) in [5.41, 5.74) is 3.60. The lowest BCUT2D eigenvalue weighted by molar-refractivity contribution is -0.112. The minimum Gasteiger partial charge on any atom is -0.496 e. The summed E-state index contributed by atoms with van der Waals surface area (Å²) in [5, 5.41) is 6.82. The molecule has 0 aliphatic carbocycles. The first-order valence-corrected chi connectivity index (χ1v) is 9.21. The van der Waals surface area contributed by atoms with Gasteiger partial charge in [-0.3, -0.25) is 4.79 Å². The Hall–Kier alpha value is -2.73. The van der Waals surface area contributed by atoms with Crippen molar-refractivity contribution < 1.29 is 14.4 Å². The summed E-state index contributed by atoms with van der Waals surface area (Å²) in [4.78, 5) is 18.0. The second-order valence-electron chi connectivity index (χ2n) is 5.62. The second kappa shape index (κ2) is 8.58. The van der Waals surface area contributed by atoms with Crippen LogP contribution in [0.1, 0.15) is 12.5 Å². The van der Waals surface area contributed by atoms with Crippen molar-refractivity contribution in [3.8, 4) is 11.1 Å². The number of anilines is 1. The van der Waals surface area contributed by atoms with Gasteiger partial charge in [-0.25, -0.2) is 0 Å². The maximum Gasteiger partial charge on any atom is 0.265 e. The van der Waals surface area contributed by atoms with Crippen LogP contribution in [0, 0.1) is 0 Å². The van der Waals surface area contributed by atoms with Crippen LogP contribution in [0.3, 0.4) is 0 Å². The molecule has 5 nitrogen and oxygen atoms in total. The van der Waals surface area contributed by atoms with E-state index in [4.69, 9.17) is 9.57 Å². The average molecular weight is 368 g/mol. The fraction of sp³-hybridized carbons (Fsp3) is 0.200. The molecule has 0 unspecified atom stereocenters. The molecule has 1 heterocycles. The van der Waals surface area contributed by atoms with E-state index in [1.54, 1.807) is 6.21 Å². The van der Waals surface area contributed by atoms with Gasteiger partial charge < -0.3 is 14.9 Å². The maximum atomic E-state index is 12.7. The van der Waals surface area contributed by atoms with E-state index in [0.29, 0.717) is 17.3 Å². The number of thioether (sulfide) groups is 1. The molecule has 2 aromatic carbocycles. The van der Waals surface area contributed by atoms with Crippen molar-refractivity contribution in [2.75, 3.05) is 24.8 Å². The number of carbonyl (C=O) groups excluding carboxylic acids is 1. The van der Waals surface area contributed by atoms with Gasteiger partial charge in [0.1, 0.15) is 17.8 Å². The van der Waals surface area contributed by atoms with Crippen LogP contribution in [0.2, 0.25) is 0 Å². The Morgan fingerprint density at radius 3 is 2.92 bits per heavy atom. The number of hydrogen-bond donors (Lipinski definition) is 1. The summed E-state index contributed by atoms with van der Waals surface area (Å²) in [6.45, 7) is 2.46. The van der Waals surface area contributed by atoms with E-state index in [1.807, 2.05) is 55.5 Å². The molecule has 0 spiro atoms. The lowest BCUT2D eigenvalue weighted by Crippen LogP contribution is -2.18. The SMILES string of the molecule is CON=Cc1cccc(-c2ccccc2NC(=O)C2=C(C)OCCS2)c1. The van der Waals surface area contributed by atoms with Crippen molar-refractivity contribution in [2.45, 2.75) is 6.92 Å². The maximum absolute atomic E-state index is 12.7. The monoisotopic (exact) mass is 368 g/mol. The molecule has 1 aliphatic rings. The fourth-order valence-corrected chi connectivity index (χ4v) is 3.47. The number of amides is 1. The molecule has 1 amide bonds. The topological polar surface area (TPSA) is 59.9 Å². The zero-order chi connectivity index (χ0) is 18.4. The van der Waals surface area contributed by atoms with Crippen molar-refractivity contribution in [1.29, 1.82) is 0 Å². The number of rotatable bonds is 5. The summed E-state index contributed by atoms with van der Waals surface area (Å²) in [7, 11) is 1.51. The summed E-state index contributed by atoms with van der Waals surface area (Å²) in [5.74, 6) is 1.31. The Bertz CT molecular complexity index is 862. The van der Waals surface area contributed by atoms with Crippen molar-refractivity contribution in [1.82, 2.24) is 0 Å². The van der Waals surface area contributed by atoms with Gasteiger partial charge in [0.25, 0.3) is 5.91 Å². The van der Waals surface area contributed by atoms with Gasteiger partial charge in [0.05, 0.1) is 12.8 Å². The Labute approximate surface area is 157 Å². The molecule has 0 bridgehead atoms. The number of nitrogens with zero attached hydrogens (tertiary/aromatic N) is 1. The van der Waals surface area contributed by atoms with Gasteiger partial charge in [-0.2, -0.15) is 0 Å². The first kappa shape index (κ1) is 18.1. The van der Waals surface area contributed by atoms with Gasteiger partial charge in [0.15, 0.2) is 0 Å². The summed E-state index contributed by atoms with van der Waals surface area (Å²) in [6.07, 6.45) is 1.65. The number of hydrogen-bond acceptors (Lipinski definition) is 5. The second-order valence-corrected chi connectivity index (χ2v) is 6.73. The van der Waals surface area contributed by atoms with Gasteiger partial charge in [0.2, 0.25) is 0 Å². The van der Waals surface area contributed by atoms with Crippen molar-refractivity contribution >= 4 is 29.6 Å². The largest absolute Gasteiger partial charge is 0.496 e. The number of para-hydroxylation sites is 1. The van der Waals surface area contributed by atoms with Crippen LogP contribution in [-0.4, -0.2) is 31.6 Å². The Morgan fingerprint density at radius 1 is 1.27 bits per heavy atom. The third-order valence-corrected chi connectivity index (χ3v) is 4.99. The van der Waals surface area contributed by atoms with Gasteiger partial charge in [-0.15, -0.1) is 11.8 Å². The molecule has 0 atom stereocenters. The average Bonchev–Trinajstić information content (AvgIpc) is 2.67. The number of ether oxygens (including phenoxy) is 1. The molecular formula is C20H20N2O3S. The molecule has 0 saturated carbocycles. The quantitative estimate of drug-likeness (QED) is 0.632. The number of oxime groups is 1. The van der Waals surface area contributed by atoms with Crippen molar-refractivity contribution in [2.24, 2.45) is 5.16 Å². The van der Waals surface area contributed by atoms with Gasteiger partial charge in [-0.05, 0) is 30.2 Å². The molecule has 26 heavy (non-hydrogen) atoms. The van der Waals surface area contributed by atoms with Crippen LogP contribution in [0.4, 0.5) is 5.69 Å². The predicted molar refractivity (Wildman–Crippen MR) is 106 cm³/mol. The lowest BCUT2D eigenvalue weighted by atomic mass is 10.0. The van der Waals surface area contributed by atoms with Gasteiger partial charge >= 0.3 is 0 Å². The molecule has 1 aliphatic heterocycles. The molecule has 134 valence electrons. The predicted octanol–water partition coefficient (Wildman–Crippen LogP) is 4.27. The molecule has 0 fully saturated rings.